The van der Waals surface area contributed by atoms with E-state index in [1.165, 1.54) is 26.1 Å². The second-order valence-electron chi connectivity index (χ2n) is 3.66. The van der Waals surface area contributed by atoms with Gasteiger partial charge in [0.2, 0.25) is 0 Å². The second-order valence-corrected chi connectivity index (χ2v) is 3.66. The maximum Gasteiger partial charge on any atom is 0.330 e. The first-order valence-electron chi connectivity index (χ1n) is 5.33. The number of nitrogens with one attached hydrogen (secondary N) is 1. The molecule has 0 fully saturated rings. The number of likely N-dealkylation sites (N-methyl/N-ethyl adjacent to an activating group) is 2. The van der Waals surface area contributed by atoms with E-state index in [9.17, 15) is 9.59 Å². The Morgan fingerprint density at radius 3 is 2.61 bits per heavy atom. The Bertz CT molecular complexity index is 447. The topological polar surface area (TPSA) is 78.9 Å². The minimum Gasteiger partial charge on any atom is -0.497 e. The van der Waals surface area contributed by atoms with Gasteiger partial charge in [0, 0.05) is 18.8 Å². The van der Waals surface area contributed by atoms with Crippen LogP contribution in [0.2, 0.25) is 0 Å². The monoisotopic (exact) mass is 252 g/mol. The summed E-state index contributed by atoms with van der Waals surface area (Å²) in [6.45, 7) is 0. The first kappa shape index (κ1) is 14.0. The van der Waals surface area contributed by atoms with Crippen molar-refractivity contribution in [2.24, 2.45) is 0 Å². The zero-order valence-electron chi connectivity index (χ0n) is 10.5. The SMILES string of the molecule is CNC(C(=O)O)C(=O)N(C)c1cccc(OC)c1. The molecule has 0 aliphatic heterocycles. The van der Waals surface area contributed by atoms with Crippen molar-refractivity contribution in [3.8, 4) is 5.75 Å². The summed E-state index contributed by atoms with van der Waals surface area (Å²) in [4.78, 5) is 24.1. The number of benzene rings is 1. The van der Waals surface area contributed by atoms with Gasteiger partial charge < -0.3 is 14.7 Å². The van der Waals surface area contributed by atoms with Gasteiger partial charge in [0.05, 0.1) is 7.11 Å². The van der Waals surface area contributed by atoms with Crippen molar-refractivity contribution in [3.63, 3.8) is 0 Å². The van der Waals surface area contributed by atoms with Gasteiger partial charge in [0.15, 0.2) is 6.04 Å². The molecule has 18 heavy (non-hydrogen) atoms. The van der Waals surface area contributed by atoms with E-state index in [-0.39, 0.29) is 0 Å². The molecule has 0 radical (unpaired) electrons. The zero-order chi connectivity index (χ0) is 13.7. The number of aliphatic carboxylic acids is 1. The third-order valence-corrected chi connectivity index (χ3v) is 2.55. The smallest absolute Gasteiger partial charge is 0.330 e. The molecule has 0 bridgehead atoms. The van der Waals surface area contributed by atoms with E-state index in [0.717, 1.165) is 0 Å². The first-order chi connectivity index (χ1) is 8.51. The number of amides is 1. The van der Waals surface area contributed by atoms with Gasteiger partial charge in [-0.15, -0.1) is 0 Å². The number of anilines is 1. The molecule has 2 N–H and O–H groups in total. The summed E-state index contributed by atoms with van der Waals surface area (Å²) < 4.78 is 5.05. The van der Waals surface area contributed by atoms with Crippen molar-refractivity contribution >= 4 is 17.6 Å². The number of carboxylic acid groups (broad SMARTS) is 1. The van der Waals surface area contributed by atoms with Crippen LogP contribution in [-0.4, -0.2) is 44.2 Å². The lowest BCUT2D eigenvalue weighted by molar-refractivity contribution is -0.143. The number of hydrogen-bond acceptors (Lipinski definition) is 4. The lowest BCUT2D eigenvalue weighted by Crippen LogP contribution is -2.48. The maximum absolute atomic E-state index is 12.0. The molecule has 6 nitrogen and oxygen atoms in total. The largest absolute Gasteiger partial charge is 0.497 e. The van der Waals surface area contributed by atoms with Crippen LogP contribution in [0.4, 0.5) is 5.69 Å². The molecule has 1 unspecified atom stereocenters. The second kappa shape index (κ2) is 6.02. The van der Waals surface area contributed by atoms with E-state index in [4.69, 9.17) is 9.84 Å². The molecule has 0 heterocycles. The quantitative estimate of drug-likeness (QED) is 0.738. The van der Waals surface area contributed by atoms with Crippen LogP contribution >= 0.6 is 0 Å². The molecule has 0 saturated carbocycles. The normalized spacial score (nSPS) is 11.7. The number of hydrogen-bond donors (Lipinski definition) is 2. The van der Waals surface area contributed by atoms with Crippen molar-refractivity contribution < 1.29 is 19.4 Å². The lowest BCUT2D eigenvalue weighted by atomic mass is 10.2. The minimum absolute atomic E-state index is 0.543. The summed E-state index contributed by atoms with van der Waals surface area (Å²) in [7, 11) is 4.47. The van der Waals surface area contributed by atoms with E-state index >= 15 is 0 Å². The molecule has 0 spiro atoms. The van der Waals surface area contributed by atoms with Crippen LogP contribution in [0.15, 0.2) is 24.3 Å². The van der Waals surface area contributed by atoms with E-state index in [2.05, 4.69) is 5.32 Å². The number of carbonyl (C=O) groups is 2. The van der Waals surface area contributed by atoms with Gasteiger partial charge in [0.25, 0.3) is 5.91 Å². The standard InChI is InChI=1S/C12H16N2O4/c1-13-10(12(16)17)11(15)14(2)8-5-4-6-9(7-8)18-3/h4-7,10,13H,1-3H3,(H,16,17). The first-order valence-corrected chi connectivity index (χ1v) is 5.33. The Morgan fingerprint density at radius 1 is 1.44 bits per heavy atom. The Balaban J connectivity index is 2.94. The van der Waals surface area contributed by atoms with Gasteiger partial charge in [-0.2, -0.15) is 0 Å². The molecule has 0 saturated heterocycles. The maximum atomic E-state index is 12.0. The van der Waals surface area contributed by atoms with Crippen LogP contribution in [0.1, 0.15) is 0 Å². The van der Waals surface area contributed by atoms with Gasteiger partial charge in [0.1, 0.15) is 5.75 Å². The predicted molar refractivity (Wildman–Crippen MR) is 66.9 cm³/mol. The highest BCUT2D eigenvalue weighted by Crippen LogP contribution is 2.20. The van der Waals surface area contributed by atoms with Crippen LogP contribution < -0.4 is 15.0 Å². The zero-order valence-corrected chi connectivity index (χ0v) is 10.5. The highest BCUT2D eigenvalue weighted by Gasteiger charge is 2.27. The van der Waals surface area contributed by atoms with E-state index in [1.54, 1.807) is 24.3 Å². The fraction of sp³-hybridized carbons (Fsp3) is 0.333. The Hall–Kier alpha value is -2.08. The van der Waals surface area contributed by atoms with Crippen LogP contribution in [-0.2, 0) is 9.59 Å². The number of carboxylic acids is 1. The van der Waals surface area contributed by atoms with Gasteiger partial charge in [-0.25, -0.2) is 4.79 Å². The summed E-state index contributed by atoms with van der Waals surface area (Å²) in [5.74, 6) is -1.15. The Morgan fingerprint density at radius 2 is 2.11 bits per heavy atom. The third-order valence-electron chi connectivity index (χ3n) is 2.55. The molecule has 6 heteroatoms. The molecule has 1 atom stereocenters. The third kappa shape index (κ3) is 2.98. The molecule has 0 aromatic heterocycles. The average Bonchev–Trinajstić information content (AvgIpc) is 2.38. The van der Waals surface area contributed by atoms with Crippen LogP contribution in [0.25, 0.3) is 0 Å². The van der Waals surface area contributed by atoms with Crippen molar-refractivity contribution in [2.75, 3.05) is 26.1 Å². The van der Waals surface area contributed by atoms with Crippen molar-refractivity contribution in [2.45, 2.75) is 6.04 Å². The van der Waals surface area contributed by atoms with E-state index in [1.807, 2.05) is 0 Å². The number of ether oxygens (including phenoxy) is 1. The molecule has 0 aliphatic rings. The highest BCUT2D eigenvalue weighted by molar-refractivity contribution is 6.08. The molecule has 1 rings (SSSR count). The van der Waals surface area contributed by atoms with Gasteiger partial charge in [-0.05, 0) is 19.2 Å². The summed E-state index contributed by atoms with van der Waals surface area (Å²) in [6.07, 6.45) is 0. The van der Waals surface area contributed by atoms with Crippen LogP contribution in [0.5, 0.6) is 5.75 Å². The molecule has 1 aromatic carbocycles. The number of methoxy groups -OCH3 is 1. The number of nitrogens with zero attached hydrogens (tertiary/aromatic N) is 1. The van der Waals surface area contributed by atoms with Crippen LogP contribution in [0, 0.1) is 0 Å². The van der Waals surface area contributed by atoms with E-state index in [0.29, 0.717) is 11.4 Å². The summed E-state index contributed by atoms with van der Waals surface area (Å²) >= 11 is 0. The molecular weight excluding hydrogens is 236 g/mol. The van der Waals surface area contributed by atoms with Crippen molar-refractivity contribution in [1.82, 2.24) is 5.32 Å². The van der Waals surface area contributed by atoms with E-state index < -0.39 is 17.9 Å². The predicted octanol–water partition coefficient (Wildman–Crippen LogP) is 0.331. The molecule has 0 aliphatic carbocycles. The van der Waals surface area contributed by atoms with Crippen molar-refractivity contribution in [1.29, 1.82) is 0 Å². The van der Waals surface area contributed by atoms with Gasteiger partial charge >= 0.3 is 5.97 Å². The van der Waals surface area contributed by atoms with Gasteiger partial charge in [-0.3, -0.25) is 10.1 Å². The Kier molecular flexibility index (Phi) is 4.67. The summed E-state index contributed by atoms with van der Waals surface area (Å²) in [5.41, 5.74) is 0.570. The summed E-state index contributed by atoms with van der Waals surface area (Å²) in [5, 5.41) is 11.4. The minimum atomic E-state index is -1.26. The fourth-order valence-electron chi connectivity index (χ4n) is 1.49. The van der Waals surface area contributed by atoms with Crippen molar-refractivity contribution in [3.05, 3.63) is 24.3 Å². The molecule has 98 valence electrons. The highest BCUT2D eigenvalue weighted by atomic mass is 16.5. The molecule has 1 amide bonds. The van der Waals surface area contributed by atoms with Crippen LogP contribution in [0.3, 0.4) is 0 Å². The fourth-order valence-corrected chi connectivity index (χ4v) is 1.49. The number of carbonyl (C=O) groups excluding carboxylic acids is 1. The summed E-state index contributed by atoms with van der Waals surface area (Å²) in [6, 6.07) is 5.57. The lowest BCUT2D eigenvalue weighted by Gasteiger charge is -2.21. The Labute approximate surface area is 105 Å². The van der Waals surface area contributed by atoms with Gasteiger partial charge in [-0.1, -0.05) is 6.07 Å². The molecule has 1 aromatic rings. The average molecular weight is 252 g/mol. The molecular formula is C12H16N2O4. The number of rotatable bonds is 5.